The molecule has 3 heterocycles. The number of amides is 1. The second-order valence-corrected chi connectivity index (χ2v) is 6.73. The zero-order valence-electron chi connectivity index (χ0n) is 14.0. The largest absolute Gasteiger partial charge is 0.481 e. The lowest BCUT2D eigenvalue weighted by Crippen LogP contribution is -2.42. The van der Waals surface area contributed by atoms with Crippen LogP contribution >= 0.6 is 0 Å². The van der Waals surface area contributed by atoms with Gasteiger partial charge >= 0.3 is 5.97 Å². The van der Waals surface area contributed by atoms with Crippen molar-refractivity contribution in [1.82, 2.24) is 9.88 Å². The molecule has 130 valence electrons. The second kappa shape index (κ2) is 7.64. The van der Waals surface area contributed by atoms with Crippen molar-refractivity contribution in [2.75, 3.05) is 31.1 Å². The number of piperidine rings is 1. The zero-order valence-corrected chi connectivity index (χ0v) is 14.0. The average Bonchev–Trinajstić information content (AvgIpc) is 2.91. The number of carboxylic acid groups (broad SMARTS) is 1. The predicted molar refractivity (Wildman–Crippen MR) is 91.2 cm³/mol. The van der Waals surface area contributed by atoms with E-state index in [2.05, 4.69) is 9.88 Å². The molecule has 1 atom stereocenters. The minimum atomic E-state index is -0.817. The van der Waals surface area contributed by atoms with E-state index in [0.717, 1.165) is 25.3 Å². The fourth-order valence-corrected chi connectivity index (χ4v) is 3.55. The third-order valence-corrected chi connectivity index (χ3v) is 4.98. The van der Waals surface area contributed by atoms with Gasteiger partial charge < -0.3 is 14.9 Å². The zero-order chi connectivity index (χ0) is 16.9. The van der Waals surface area contributed by atoms with Gasteiger partial charge in [0.2, 0.25) is 0 Å². The van der Waals surface area contributed by atoms with Crippen LogP contribution in [0.2, 0.25) is 0 Å². The van der Waals surface area contributed by atoms with Gasteiger partial charge in [-0.15, -0.1) is 0 Å². The number of anilines is 1. The summed E-state index contributed by atoms with van der Waals surface area (Å²) in [6.07, 6.45) is 7.93. The minimum Gasteiger partial charge on any atom is -0.481 e. The van der Waals surface area contributed by atoms with Crippen molar-refractivity contribution in [3.8, 4) is 0 Å². The van der Waals surface area contributed by atoms with Crippen LogP contribution in [0.25, 0.3) is 0 Å². The summed E-state index contributed by atoms with van der Waals surface area (Å²) in [4.78, 5) is 32.1. The van der Waals surface area contributed by atoms with Gasteiger partial charge in [-0.2, -0.15) is 0 Å². The quantitative estimate of drug-likeness (QED) is 0.920. The van der Waals surface area contributed by atoms with Crippen molar-refractivity contribution in [2.24, 2.45) is 5.92 Å². The van der Waals surface area contributed by atoms with Gasteiger partial charge in [0.05, 0.1) is 11.5 Å². The van der Waals surface area contributed by atoms with Gasteiger partial charge in [0, 0.05) is 32.4 Å². The maximum absolute atomic E-state index is 12.6. The topological polar surface area (TPSA) is 73.7 Å². The summed E-state index contributed by atoms with van der Waals surface area (Å²) in [5, 5.41) is 9.16. The van der Waals surface area contributed by atoms with Gasteiger partial charge in [-0.3, -0.25) is 9.59 Å². The highest BCUT2D eigenvalue weighted by Crippen LogP contribution is 2.21. The summed E-state index contributed by atoms with van der Waals surface area (Å²) in [5.41, 5.74) is 0.541. The number of nitrogens with zero attached hydrogens (tertiary/aromatic N) is 3. The molecule has 1 aromatic heterocycles. The number of hydrogen-bond acceptors (Lipinski definition) is 4. The van der Waals surface area contributed by atoms with Gasteiger partial charge in [0.25, 0.3) is 5.91 Å². The highest BCUT2D eigenvalue weighted by atomic mass is 16.4. The van der Waals surface area contributed by atoms with Crippen LogP contribution in [0.3, 0.4) is 0 Å². The smallest absolute Gasteiger partial charge is 0.308 e. The molecule has 6 heteroatoms. The molecular formula is C18H25N3O3. The molecule has 0 unspecified atom stereocenters. The molecule has 0 bridgehead atoms. The molecule has 2 aliphatic heterocycles. The maximum atomic E-state index is 12.6. The van der Waals surface area contributed by atoms with Crippen molar-refractivity contribution in [3.05, 3.63) is 23.9 Å². The van der Waals surface area contributed by atoms with E-state index in [0.29, 0.717) is 25.1 Å². The lowest BCUT2D eigenvalue weighted by Gasteiger charge is -2.30. The van der Waals surface area contributed by atoms with E-state index in [1.165, 1.54) is 25.7 Å². The summed E-state index contributed by atoms with van der Waals surface area (Å²) in [6.45, 7) is 2.96. The average molecular weight is 331 g/mol. The van der Waals surface area contributed by atoms with Crippen LogP contribution in [0.1, 0.15) is 48.9 Å². The molecule has 1 amide bonds. The summed E-state index contributed by atoms with van der Waals surface area (Å²) in [6, 6.07) is 3.73. The number of aromatic nitrogens is 1. The number of aliphatic carboxylic acids is 1. The number of carbonyl (C=O) groups is 2. The van der Waals surface area contributed by atoms with Gasteiger partial charge in [-0.1, -0.05) is 12.8 Å². The van der Waals surface area contributed by atoms with Crippen LogP contribution in [-0.4, -0.2) is 53.0 Å². The number of carboxylic acids is 1. The van der Waals surface area contributed by atoms with Crippen molar-refractivity contribution in [2.45, 2.75) is 38.5 Å². The van der Waals surface area contributed by atoms with E-state index in [-0.39, 0.29) is 5.91 Å². The summed E-state index contributed by atoms with van der Waals surface area (Å²) >= 11 is 0. The minimum absolute atomic E-state index is 0.115. The van der Waals surface area contributed by atoms with E-state index in [1.54, 1.807) is 11.1 Å². The molecule has 0 saturated carbocycles. The normalized spacial score (nSPS) is 22.1. The Hall–Kier alpha value is -2.11. The van der Waals surface area contributed by atoms with E-state index in [9.17, 15) is 9.59 Å². The maximum Gasteiger partial charge on any atom is 0.308 e. The number of rotatable bonds is 3. The predicted octanol–water partition coefficient (Wildman–Crippen LogP) is 2.40. The molecule has 1 aromatic rings. The Labute approximate surface area is 142 Å². The first-order chi connectivity index (χ1) is 11.6. The lowest BCUT2D eigenvalue weighted by molar-refractivity contribution is -0.143. The molecule has 24 heavy (non-hydrogen) atoms. The number of likely N-dealkylation sites (tertiary alicyclic amines) is 1. The number of hydrogen-bond donors (Lipinski definition) is 1. The molecule has 1 N–H and O–H groups in total. The monoisotopic (exact) mass is 331 g/mol. The number of carbonyl (C=O) groups excluding carboxylic acids is 1. The third kappa shape index (κ3) is 3.86. The highest BCUT2D eigenvalue weighted by Gasteiger charge is 2.28. The molecule has 2 saturated heterocycles. The van der Waals surface area contributed by atoms with Crippen molar-refractivity contribution in [1.29, 1.82) is 0 Å². The fourth-order valence-electron chi connectivity index (χ4n) is 3.55. The van der Waals surface area contributed by atoms with Crippen LogP contribution in [0.15, 0.2) is 18.3 Å². The molecule has 0 aromatic carbocycles. The standard InChI is InChI=1S/C18H25N3O3/c22-17(21-11-5-6-15(13-21)18(23)24)14-7-8-16(19-12-14)20-9-3-1-2-4-10-20/h7-8,12,15H,1-6,9-11,13H2,(H,23,24)/t15-/m1/s1. The van der Waals surface area contributed by atoms with E-state index in [1.807, 2.05) is 12.1 Å². The van der Waals surface area contributed by atoms with Crippen molar-refractivity contribution in [3.63, 3.8) is 0 Å². The van der Waals surface area contributed by atoms with Gasteiger partial charge in [0.1, 0.15) is 5.82 Å². The molecule has 0 spiro atoms. The Kier molecular flexibility index (Phi) is 5.33. The van der Waals surface area contributed by atoms with Crippen molar-refractivity contribution < 1.29 is 14.7 Å². The summed E-state index contributed by atoms with van der Waals surface area (Å²) in [7, 11) is 0. The molecule has 0 aliphatic carbocycles. The van der Waals surface area contributed by atoms with Crippen LogP contribution in [0.5, 0.6) is 0 Å². The number of pyridine rings is 1. The summed E-state index contributed by atoms with van der Waals surface area (Å²) in [5.74, 6) is -0.458. The Morgan fingerprint density at radius 2 is 1.79 bits per heavy atom. The first-order valence-electron chi connectivity index (χ1n) is 8.88. The molecule has 3 rings (SSSR count). The Morgan fingerprint density at radius 1 is 1.04 bits per heavy atom. The van der Waals surface area contributed by atoms with Crippen molar-refractivity contribution >= 4 is 17.7 Å². The molecule has 6 nitrogen and oxygen atoms in total. The molecular weight excluding hydrogens is 306 g/mol. The fraction of sp³-hybridized carbons (Fsp3) is 0.611. The molecule has 2 fully saturated rings. The lowest BCUT2D eigenvalue weighted by atomic mass is 9.98. The van der Waals surface area contributed by atoms with Gasteiger partial charge in [0.15, 0.2) is 0 Å². The Morgan fingerprint density at radius 3 is 2.42 bits per heavy atom. The SMILES string of the molecule is O=C(O)[C@@H]1CCCN(C(=O)c2ccc(N3CCCCCC3)nc2)C1. The highest BCUT2D eigenvalue weighted by molar-refractivity contribution is 5.94. The van der Waals surface area contributed by atoms with Crippen LogP contribution in [-0.2, 0) is 4.79 Å². The van der Waals surface area contributed by atoms with E-state index < -0.39 is 11.9 Å². The first-order valence-corrected chi connectivity index (χ1v) is 8.88. The molecule has 2 aliphatic rings. The summed E-state index contributed by atoms with van der Waals surface area (Å²) < 4.78 is 0. The molecule has 0 radical (unpaired) electrons. The van der Waals surface area contributed by atoms with Gasteiger partial charge in [-0.25, -0.2) is 4.98 Å². The van der Waals surface area contributed by atoms with Gasteiger partial charge in [-0.05, 0) is 37.8 Å². The van der Waals surface area contributed by atoms with E-state index in [4.69, 9.17) is 5.11 Å². The second-order valence-electron chi connectivity index (χ2n) is 6.73. The van der Waals surface area contributed by atoms with Crippen LogP contribution in [0, 0.1) is 5.92 Å². The third-order valence-electron chi connectivity index (χ3n) is 4.98. The first kappa shape index (κ1) is 16.7. The Balaban J connectivity index is 1.66. The van der Waals surface area contributed by atoms with Crippen LogP contribution in [0.4, 0.5) is 5.82 Å². The van der Waals surface area contributed by atoms with E-state index >= 15 is 0 Å². The Bertz CT molecular complexity index is 580. The van der Waals surface area contributed by atoms with Crippen LogP contribution < -0.4 is 4.90 Å².